The van der Waals surface area contributed by atoms with Gasteiger partial charge in [0.05, 0.1) is 0 Å². The third-order valence-electron chi connectivity index (χ3n) is 7.73. The van der Waals surface area contributed by atoms with E-state index in [-0.39, 0.29) is 40.0 Å². The number of aryl methyl sites for hydroxylation is 2. The van der Waals surface area contributed by atoms with Crippen LogP contribution in [0, 0.1) is 0 Å². The minimum absolute atomic E-state index is 0.0428. The summed E-state index contributed by atoms with van der Waals surface area (Å²) in [5, 5.41) is 10.9. The Morgan fingerprint density at radius 3 is 1.30 bits per heavy atom. The van der Waals surface area contributed by atoms with Gasteiger partial charge in [0.25, 0.3) is 0 Å². The molecule has 0 atom stereocenters. The van der Waals surface area contributed by atoms with Gasteiger partial charge in [-0.05, 0) is 67.9 Å². The van der Waals surface area contributed by atoms with Gasteiger partial charge >= 0.3 is 11.9 Å². The molecule has 0 aliphatic carbocycles. The van der Waals surface area contributed by atoms with Crippen LogP contribution in [-0.2, 0) is 53.6 Å². The Morgan fingerprint density at radius 1 is 0.591 bits per heavy atom. The lowest BCUT2D eigenvalue weighted by molar-refractivity contribution is -0.143. The summed E-state index contributed by atoms with van der Waals surface area (Å²) in [7, 11) is 0. The van der Waals surface area contributed by atoms with Crippen molar-refractivity contribution in [3.05, 3.63) is 63.7 Å². The van der Waals surface area contributed by atoms with E-state index in [0.29, 0.717) is 49.7 Å². The van der Waals surface area contributed by atoms with E-state index in [4.69, 9.17) is 9.47 Å². The second kappa shape index (κ2) is 15.2. The summed E-state index contributed by atoms with van der Waals surface area (Å²) in [6.07, 6.45) is 1.87. The lowest BCUT2D eigenvalue weighted by atomic mass is 9.78. The van der Waals surface area contributed by atoms with E-state index in [0.717, 1.165) is 16.7 Å². The summed E-state index contributed by atoms with van der Waals surface area (Å²) in [4.78, 5) is 24.8. The van der Waals surface area contributed by atoms with Crippen LogP contribution < -0.4 is 0 Å². The first-order valence-corrected chi connectivity index (χ1v) is 17.2. The molecule has 2 rings (SSSR count). The van der Waals surface area contributed by atoms with Crippen LogP contribution in [0.25, 0.3) is 0 Å². The summed E-state index contributed by atoms with van der Waals surface area (Å²) in [6, 6.07) is 10.8. The number of aromatic hydroxyl groups is 1. The number of hydrogen-bond acceptors (Lipinski definition) is 6. The molecule has 44 heavy (non-hydrogen) atoms. The van der Waals surface area contributed by atoms with Crippen LogP contribution in [-0.4, -0.2) is 41.8 Å². The predicted octanol–water partition coefficient (Wildman–Crippen LogP) is 8.97. The largest absolute Gasteiger partial charge is 0.507 e. The molecule has 0 heterocycles. The van der Waals surface area contributed by atoms with Gasteiger partial charge in [0.1, 0.15) is 19.0 Å². The molecule has 0 spiro atoms. The molecule has 0 bridgehead atoms. The van der Waals surface area contributed by atoms with Gasteiger partial charge in [-0.25, -0.2) is 0 Å². The van der Waals surface area contributed by atoms with Gasteiger partial charge < -0.3 is 14.6 Å². The standard InChI is InChI=1S/C38H58O5S/c1-35(2,3)28-21-26(22-29(25-28)36(4,5)6)13-15-32(39)42-17-19-44-20-18-43-33(40)16-14-27-23-30(37(7,8)9)34(41)31(24-27)38(10,11)12/h21-25,41H,13-20H2,1-12H3. The molecule has 246 valence electrons. The first-order valence-electron chi connectivity index (χ1n) is 16.0. The van der Waals surface area contributed by atoms with Crippen molar-refractivity contribution in [1.82, 2.24) is 0 Å². The second-order valence-electron chi connectivity index (χ2n) is 16.0. The number of carbonyl (C=O) groups excluding carboxylic acids is 2. The molecule has 0 fully saturated rings. The van der Waals surface area contributed by atoms with E-state index in [1.165, 1.54) is 16.7 Å². The maximum Gasteiger partial charge on any atom is 0.306 e. The zero-order chi connectivity index (χ0) is 33.5. The Morgan fingerprint density at radius 2 is 0.955 bits per heavy atom. The van der Waals surface area contributed by atoms with Crippen LogP contribution >= 0.6 is 11.8 Å². The fourth-order valence-electron chi connectivity index (χ4n) is 4.85. The van der Waals surface area contributed by atoms with Crippen molar-refractivity contribution >= 4 is 23.7 Å². The third-order valence-corrected chi connectivity index (χ3v) is 8.64. The molecule has 2 aromatic rings. The Kier molecular flexibility index (Phi) is 13.0. The number of carbonyl (C=O) groups is 2. The van der Waals surface area contributed by atoms with Crippen LogP contribution in [0.3, 0.4) is 0 Å². The van der Waals surface area contributed by atoms with Crippen LogP contribution in [0.5, 0.6) is 5.75 Å². The fourth-order valence-corrected chi connectivity index (χ4v) is 5.46. The first kappa shape index (κ1) is 37.7. The third kappa shape index (κ3) is 12.1. The average Bonchev–Trinajstić information content (AvgIpc) is 2.88. The highest BCUT2D eigenvalue weighted by atomic mass is 32.2. The van der Waals surface area contributed by atoms with Gasteiger partial charge in [-0.2, -0.15) is 11.8 Å². The minimum Gasteiger partial charge on any atom is -0.507 e. The molecule has 0 saturated carbocycles. The fraction of sp³-hybridized carbons (Fsp3) is 0.632. The zero-order valence-corrected chi connectivity index (χ0v) is 30.3. The second-order valence-corrected chi connectivity index (χ2v) is 17.2. The molecule has 1 N–H and O–H groups in total. The highest BCUT2D eigenvalue weighted by Crippen LogP contribution is 2.40. The number of phenols is 1. The van der Waals surface area contributed by atoms with Crippen LogP contribution in [0.15, 0.2) is 30.3 Å². The number of esters is 2. The Balaban J connectivity index is 1.73. The number of phenolic OH excluding ortho intramolecular Hbond substituents is 1. The van der Waals surface area contributed by atoms with E-state index < -0.39 is 0 Å². The Bertz CT molecular complexity index is 1200. The predicted molar refractivity (Wildman–Crippen MR) is 185 cm³/mol. The summed E-state index contributed by atoms with van der Waals surface area (Å²) in [5.74, 6) is 1.24. The Hall–Kier alpha value is -2.47. The zero-order valence-electron chi connectivity index (χ0n) is 29.5. The van der Waals surface area contributed by atoms with Crippen molar-refractivity contribution in [2.45, 2.75) is 130 Å². The maximum absolute atomic E-state index is 12.4. The highest BCUT2D eigenvalue weighted by molar-refractivity contribution is 7.99. The molecule has 0 amide bonds. The van der Waals surface area contributed by atoms with Crippen molar-refractivity contribution in [1.29, 1.82) is 0 Å². The summed E-state index contributed by atoms with van der Waals surface area (Å²) < 4.78 is 10.9. The van der Waals surface area contributed by atoms with Crippen molar-refractivity contribution < 1.29 is 24.2 Å². The van der Waals surface area contributed by atoms with Gasteiger partial charge in [0.15, 0.2) is 0 Å². The van der Waals surface area contributed by atoms with Crippen molar-refractivity contribution in [3.63, 3.8) is 0 Å². The normalized spacial score (nSPS) is 12.7. The minimum atomic E-state index is -0.232. The Labute approximate surface area is 271 Å². The van der Waals surface area contributed by atoms with Crippen molar-refractivity contribution in [2.24, 2.45) is 0 Å². The number of thioether (sulfide) groups is 1. The van der Waals surface area contributed by atoms with E-state index in [1.54, 1.807) is 11.8 Å². The SMILES string of the molecule is CC(C)(C)c1cc(CCC(=O)OCCSCCOC(=O)CCc2cc(C(C)(C)C)c(O)c(C(C)(C)C)c2)cc(C(C)(C)C)c1. The monoisotopic (exact) mass is 626 g/mol. The highest BCUT2D eigenvalue weighted by Gasteiger charge is 2.27. The molecule has 2 aromatic carbocycles. The van der Waals surface area contributed by atoms with E-state index >= 15 is 0 Å². The molecule has 0 saturated heterocycles. The quantitative estimate of drug-likeness (QED) is 0.187. The molecular formula is C38H58O5S. The molecule has 0 unspecified atom stereocenters. The maximum atomic E-state index is 12.4. The van der Waals surface area contributed by atoms with Gasteiger partial charge in [0.2, 0.25) is 0 Å². The van der Waals surface area contributed by atoms with Gasteiger partial charge in [-0.1, -0.05) is 113 Å². The smallest absolute Gasteiger partial charge is 0.306 e. The van der Waals surface area contributed by atoms with Crippen LogP contribution in [0.2, 0.25) is 0 Å². The van der Waals surface area contributed by atoms with Crippen molar-refractivity contribution in [3.8, 4) is 5.75 Å². The van der Waals surface area contributed by atoms with Crippen molar-refractivity contribution in [2.75, 3.05) is 24.7 Å². The lowest BCUT2D eigenvalue weighted by Gasteiger charge is -2.28. The summed E-state index contributed by atoms with van der Waals surface area (Å²) in [5.41, 5.74) is 6.24. The van der Waals surface area contributed by atoms with Crippen LogP contribution in [0.4, 0.5) is 0 Å². The molecule has 0 aliphatic heterocycles. The van der Waals surface area contributed by atoms with E-state index in [9.17, 15) is 14.7 Å². The van der Waals surface area contributed by atoms with Gasteiger partial charge in [-0.3, -0.25) is 9.59 Å². The van der Waals surface area contributed by atoms with Gasteiger partial charge in [0, 0.05) is 24.3 Å². The van der Waals surface area contributed by atoms with E-state index in [1.807, 2.05) is 12.1 Å². The van der Waals surface area contributed by atoms with Crippen LogP contribution in [0.1, 0.15) is 129 Å². The molecule has 0 aromatic heterocycles. The molecular weight excluding hydrogens is 568 g/mol. The summed E-state index contributed by atoms with van der Waals surface area (Å²) >= 11 is 1.60. The molecule has 0 radical (unpaired) electrons. The number of rotatable bonds is 12. The number of ether oxygens (including phenoxy) is 2. The first-order chi connectivity index (χ1) is 20.1. The topological polar surface area (TPSA) is 72.8 Å². The average molecular weight is 627 g/mol. The summed E-state index contributed by atoms with van der Waals surface area (Å²) in [6.45, 7) is 26.5. The van der Waals surface area contributed by atoms with Gasteiger partial charge in [-0.15, -0.1) is 0 Å². The molecule has 6 heteroatoms. The number of hydrogen-bond donors (Lipinski definition) is 1. The number of benzene rings is 2. The molecule has 0 aliphatic rings. The molecule has 5 nitrogen and oxygen atoms in total. The lowest BCUT2D eigenvalue weighted by Crippen LogP contribution is -2.18. The van der Waals surface area contributed by atoms with E-state index in [2.05, 4.69) is 101 Å².